The molecular formula is C22H20N4O4S. The Morgan fingerprint density at radius 3 is 2.52 bits per heavy atom. The third-order valence-corrected chi connectivity index (χ3v) is 6.79. The monoisotopic (exact) mass is 436 g/mol. The first kappa shape index (κ1) is 19.4. The van der Waals surface area contributed by atoms with Gasteiger partial charge >= 0.3 is 5.97 Å². The molecule has 0 atom stereocenters. The van der Waals surface area contributed by atoms with E-state index < -0.39 is 11.4 Å². The van der Waals surface area contributed by atoms with Crippen molar-refractivity contribution < 1.29 is 15.0 Å². The fourth-order valence-electron chi connectivity index (χ4n) is 4.05. The van der Waals surface area contributed by atoms with Crippen LogP contribution in [-0.2, 0) is 7.05 Å². The van der Waals surface area contributed by atoms with E-state index in [4.69, 9.17) is 4.98 Å². The number of carbonyl (C=O) groups is 1. The molecule has 0 bridgehead atoms. The van der Waals surface area contributed by atoms with Crippen molar-refractivity contribution in [3.63, 3.8) is 0 Å². The van der Waals surface area contributed by atoms with Gasteiger partial charge in [0.1, 0.15) is 11.3 Å². The second-order valence-corrected chi connectivity index (χ2v) is 8.59. The molecule has 0 spiro atoms. The van der Waals surface area contributed by atoms with Crippen molar-refractivity contribution in [2.75, 3.05) is 36.0 Å². The number of nitrogens with zero attached hydrogens (tertiary/aromatic N) is 4. The van der Waals surface area contributed by atoms with Crippen LogP contribution < -0.4 is 15.2 Å². The topological polar surface area (TPSA) is 98.9 Å². The highest BCUT2D eigenvalue weighted by atomic mass is 32.1. The number of hydrogen-bond acceptors (Lipinski definition) is 7. The summed E-state index contributed by atoms with van der Waals surface area (Å²) in [4.78, 5) is 32.9. The minimum absolute atomic E-state index is 0.0272. The molecule has 4 aromatic rings. The van der Waals surface area contributed by atoms with Crippen molar-refractivity contribution >= 4 is 49.2 Å². The molecule has 9 heteroatoms. The first-order chi connectivity index (χ1) is 14.9. The Bertz CT molecular complexity index is 1350. The van der Waals surface area contributed by atoms with Gasteiger partial charge in [0.05, 0.1) is 26.8 Å². The molecule has 31 heavy (non-hydrogen) atoms. The maximum absolute atomic E-state index is 12.5. The summed E-state index contributed by atoms with van der Waals surface area (Å²) >= 11 is 1.67. The minimum Gasteiger partial charge on any atom is -0.506 e. The van der Waals surface area contributed by atoms with Crippen molar-refractivity contribution in [1.82, 2.24) is 9.55 Å². The van der Waals surface area contributed by atoms with Gasteiger partial charge in [-0.15, -0.1) is 0 Å². The molecule has 1 aliphatic rings. The highest BCUT2D eigenvalue weighted by Gasteiger charge is 2.23. The van der Waals surface area contributed by atoms with Crippen LogP contribution in [0, 0.1) is 0 Å². The first-order valence-electron chi connectivity index (χ1n) is 9.87. The zero-order valence-electron chi connectivity index (χ0n) is 16.8. The number of aromatic hydroxyl groups is 1. The van der Waals surface area contributed by atoms with E-state index in [9.17, 15) is 19.8 Å². The number of hydrogen-bond donors (Lipinski definition) is 2. The lowest BCUT2D eigenvalue weighted by Gasteiger charge is -2.36. The zero-order chi connectivity index (χ0) is 21.7. The Labute approximate surface area is 181 Å². The Morgan fingerprint density at radius 2 is 1.81 bits per heavy atom. The third kappa shape index (κ3) is 3.27. The molecule has 0 saturated carbocycles. The number of carboxylic acid groups (broad SMARTS) is 1. The summed E-state index contributed by atoms with van der Waals surface area (Å²) in [5.41, 5.74) is 1.30. The number of anilines is 2. The first-order valence-corrected chi connectivity index (χ1v) is 10.7. The number of aryl methyl sites for hydroxylation is 1. The molecule has 0 amide bonds. The Kier molecular flexibility index (Phi) is 4.55. The molecule has 1 fully saturated rings. The average molecular weight is 436 g/mol. The van der Waals surface area contributed by atoms with Crippen LogP contribution in [-0.4, -0.2) is 51.9 Å². The van der Waals surface area contributed by atoms with E-state index in [-0.39, 0.29) is 16.7 Å². The molecule has 2 aromatic carbocycles. The number of pyridine rings is 1. The van der Waals surface area contributed by atoms with E-state index >= 15 is 0 Å². The fourth-order valence-corrected chi connectivity index (χ4v) is 5.06. The van der Waals surface area contributed by atoms with Gasteiger partial charge in [0.25, 0.3) is 0 Å². The molecule has 158 valence electrons. The predicted octanol–water partition coefficient (Wildman–Crippen LogP) is 2.88. The van der Waals surface area contributed by atoms with E-state index in [1.165, 1.54) is 12.3 Å². The van der Waals surface area contributed by atoms with E-state index in [0.29, 0.717) is 24.3 Å². The third-order valence-electron chi connectivity index (χ3n) is 5.69. The Morgan fingerprint density at radius 1 is 1.10 bits per heavy atom. The molecule has 2 N–H and O–H groups in total. The molecule has 0 aliphatic carbocycles. The van der Waals surface area contributed by atoms with E-state index in [0.717, 1.165) is 28.4 Å². The molecule has 1 aliphatic heterocycles. The summed E-state index contributed by atoms with van der Waals surface area (Å²) in [6.07, 6.45) is 1.32. The molecule has 0 unspecified atom stereocenters. The summed E-state index contributed by atoms with van der Waals surface area (Å²) in [5, 5.41) is 21.1. The van der Waals surface area contributed by atoms with E-state index in [1.54, 1.807) is 29.0 Å². The van der Waals surface area contributed by atoms with Gasteiger partial charge in [0.2, 0.25) is 5.43 Å². The van der Waals surface area contributed by atoms with Crippen LogP contribution in [0.5, 0.6) is 5.75 Å². The van der Waals surface area contributed by atoms with Crippen LogP contribution >= 0.6 is 11.3 Å². The van der Waals surface area contributed by atoms with Crippen molar-refractivity contribution in [2.24, 2.45) is 7.05 Å². The minimum atomic E-state index is -1.28. The number of aromatic carboxylic acids is 1. The molecular weight excluding hydrogens is 416 g/mol. The molecule has 1 saturated heterocycles. The van der Waals surface area contributed by atoms with Crippen LogP contribution in [0.4, 0.5) is 10.8 Å². The smallest absolute Gasteiger partial charge is 0.341 e. The van der Waals surface area contributed by atoms with Gasteiger partial charge in [-0.3, -0.25) is 4.79 Å². The Balaban J connectivity index is 1.43. The van der Waals surface area contributed by atoms with Crippen LogP contribution in [0.1, 0.15) is 10.4 Å². The second-order valence-electron chi connectivity index (χ2n) is 7.58. The predicted molar refractivity (Wildman–Crippen MR) is 122 cm³/mol. The summed E-state index contributed by atoms with van der Waals surface area (Å²) < 4.78 is 2.77. The normalized spacial score (nSPS) is 14.5. The number of thiazole rings is 1. The number of carboxylic acids is 1. The van der Waals surface area contributed by atoms with Gasteiger partial charge in [0.15, 0.2) is 5.13 Å². The van der Waals surface area contributed by atoms with Gasteiger partial charge in [-0.25, -0.2) is 9.78 Å². The van der Waals surface area contributed by atoms with Gasteiger partial charge in [-0.05, 0) is 24.3 Å². The fraction of sp³-hybridized carbons (Fsp3) is 0.227. The molecule has 5 rings (SSSR count). The highest BCUT2D eigenvalue weighted by Crippen LogP contribution is 2.34. The second kappa shape index (κ2) is 7.28. The standard InChI is InChI=1S/C22H20N4O4S/c1-24-12-14(21(29)30)20(28)13-10-18(27)17(11-16(13)24)25-6-8-26(9-7-25)22-23-15-4-2-3-5-19(15)31-22/h2-5,10-12,27H,6-9H2,1H3,(H,29,30). The molecule has 0 radical (unpaired) electrons. The lowest BCUT2D eigenvalue weighted by molar-refractivity contribution is 0.0695. The maximum atomic E-state index is 12.5. The van der Waals surface area contributed by atoms with Crippen LogP contribution in [0.15, 0.2) is 47.4 Å². The number of aromatic nitrogens is 2. The molecule has 8 nitrogen and oxygen atoms in total. The summed E-state index contributed by atoms with van der Waals surface area (Å²) in [7, 11) is 1.69. The van der Waals surface area contributed by atoms with E-state index in [1.807, 2.05) is 18.2 Å². The number of fused-ring (bicyclic) bond motifs is 2. The summed E-state index contributed by atoms with van der Waals surface area (Å²) in [6, 6.07) is 11.2. The van der Waals surface area contributed by atoms with Crippen LogP contribution in [0.3, 0.4) is 0 Å². The number of benzene rings is 2. The van der Waals surface area contributed by atoms with Crippen LogP contribution in [0.25, 0.3) is 21.1 Å². The number of phenols is 1. The molecule has 3 heterocycles. The van der Waals surface area contributed by atoms with Crippen molar-refractivity contribution in [3.8, 4) is 5.75 Å². The van der Waals surface area contributed by atoms with Crippen molar-refractivity contribution in [1.29, 1.82) is 0 Å². The number of piperazine rings is 1. The van der Waals surface area contributed by atoms with Gasteiger partial charge in [-0.2, -0.15) is 0 Å². The Hall–Kier alpha value is -3.59. The number of rotatable bonds is 3. The summed E-state index contributed by atoms with van der Waals surface area (Å²) in [6.45, 7) is 2.90. The van der Waals surface area contributed by atoms with Gasteiger partial charge < -0.3 is 24.6 Å². The van der Waals surface area contributed by atoms with Crippen molar-refractivity contribution in [3.05, 3.63) is 58.4 Å². The lowest BCUT2D eigenvalue weighted by atomic mass is 10.1. The highest BCUT2D eigenvalue weighted by molar-refractivity contribution is 7.22. The quantitative estimate of drug-likeness (QED) is 0.509. The largest absolute Gasteiger partial charge is 0.506 e. The zero-order valence-corrected chi connectivity index (χ0v) is 17.6. The van der Waals surface area contributed by atoms with E-state index in [2.05, 4.69) is 15.9 Å². The van der Waals surface area contributed by atoms with Gasteiger partial charge in [0, 0.05) is 39.4 Å². The maximum Gasteiger partial charge on any atom is 0.341 e. The lowest BCUT2D eigenvalue weighted by Crippen LogP contribution is -2.46. The van der Waals surface area contributed by atoms with Crippen molar-refractivity contribution in [2.45, 2.75) is 0 Å². The van der Waals surface area contributed by atoms with Crippen LogP contribution in [0.2, 0.25) is 0 Å². The SMILES string of the molecule is Cn1cc(C(=O)O)c(=O)c2cc(O)c(N3CCN(c4nc5ccccc5s4)CC3)cc21. The average Bonchev–Trinajstić information content (AvgIpc) is 3.20. The number of para-hydroxylation sites is 1. The summed E-state index contributed by atoms with van der Waals surface area (Å²) in [5.74, 6) is -1.31. The molecule has 2 aromatic heterocycles. The van der Waals surface area contributed by atoms with Gasteiger partial charge in [-0.1, -0.05) is 23.5 Å². The number of phenolic OH excluding ortho intramolecular Hbond substituents is 1.